The number of carbonyl (C=O) groups is 1. The number of rotatable bonds is 4. The van der Waals surface area contributed by atoms with Gasteiger partial charge in [-0.2, -0.15) is 0 Å². The summed E-state index contributed by atoms with van der Waals surface area (Å²) in [5, 5.41) is 12.9. The van der Waals surface area contributed by atoms with Crippen LogP contribution in [0.1, 0.15) is 44.9 Å². The van der Waals surface area contributed by atoms with Gasteiger partial charge in [-0.25, -0.2) is 0 Å². The van der Waals surface area contributed by atoms with Crippen molar-refractivity contribution in [2.75, 3.05) is 26.7 Å². The van der Waals surface area contributed by atoms with Crippen LogP contribution in [0.15, 0.2) is 0 Å². The SMILES string of the molecule is CN1CCCC(NCC2CCCCC2C(=O)O)CC1. The van der Waals surface area contributed by atoms with Crippen molar-refractivity contribution in [2.24, 2.45) is 11.8 Å². The first-order valence-corrected chi connectivity index (χ1v) is 7.81. The fraction of sp³-hybridized carbons (Fsp3) is 0.933. The fourth-order valence-corrected chi connectivity index (χ4v) is 3.54. The highest BCUT2D eigenvalue weighted by Crippen LogP contribution is 2.30. The van der Waals surface area contributed by atoms with Crippen LogP contribution in [0.3, 0.4) is 0 Å². The summed E-state index contributed by atoms with van der Waals surface area (Å²) in [5.41, 5.74) is 0. The summed E-state index contributed by atoms with van der Waals surface area (Å²) in [4.78, 5) is 13.7. The summed E-state index contributed by atoms with van der Waals surface area (Å²) >= 11 is 0. The van der Waals surface area contributed by atoms with E-state index in [1.54, 1.807) is 0 Å². The zero-order chi connectivity index (χ0) is 13.7. The number of aliphatic carboxylic acids is 1. The summed E-state index contributed by atoms with van der Waals surface area (Å²) < 4.78 is 0. The second kappa shape index (κ2) is 7.25. The highest BCUT2D eigenvalue weighted by atomic mass is 16.4. The highest BCUT2D eigenvalue weighted by Gasteiger charge is 2.30. The molecule has 4 nitrogen and oxygen atoms in total. The number of carboxylic acids is 1. The van der Waals surface area contributed by atoms with E-state index < -0.39 is 5.97 Å². The van der Waals surface area contributed by atoms with E-state index in [-0.39, 0.29) is 5.92 Å². The van der Waals surface area contributed by atoms with Gasteiger partial charge in [0.1, 0.15) is 0 Å². The quantitative estimate of drug-likeness (QED) is 0.818. The predicted octanol–water partition coefficient (Wildman–Crippen LogP) is 1.95. The molecule has 0 aromatic heterocycles. The van der Waals surface area contributed by atoms with Gasteiger partial charge in [-0.15, -0.1) is 0 Å². The van der Waals surface area contributed by atoms with Crippen LogP contribution in [-0.4, -0.2) is 48.7 Å². The van der Waals surface area contributed by atoms with Crippen LogP contribution in [0.2, 0.25) is 0 Å². The minimum atomic E-state index is -0.591. The van der Waals surface area contributed by atoms with Crippen LogP contribution in [0.25, 0.3) is 0 Å². The number of hydrogen-bond acceptors (Lipinski definition) is 3. The Balaban J connectivity index is 1.78. The summed E-state index contributed by atoms with van der Waals surface area (Å²) in [7, 11) is 2.18. The smallest absolute Gasteiger partial charge is 0.306 e. The molecule has 2 rings (SSSR count). The molecular weight excluding hydrogens is 240 g/mol. The van der Waals surface area contributed by atoms with Gasteiger partial charge in [0, 0.05) is 6.04 Å². The van der Waals surface area contributed by atoms with Crippen molar-refractivity contribution in [3.05, 3.63) is 0 Å². The molecule has 1 heterocycles. The zero-order valence-corrected chi connectivity index (χ0v) is 12.1. The molecular formula is C15H28N2O2. The van der Waals surface area contributed by atoms with E-state index in [1.807, 2.05) is 0 Å². The first kappa shape index (κ1) is 14.8. The third-order valence-corrected chi connectivity index (χ3v) is 4.85. The second-order valence-corrected chi connectivity index (χ2v) is 6.33. The summed E-state index contributed by atoms with van der Waals surface area (Å²) in [6.07, 6.45) is 7.91. The van der Waals surface area contributed by atoms with Gasteiger partial charge in [-0.05, 0) is 64.7 Å². The first-order valence-electron chi connectivity index (χ1n) is 7.81. The normalized spacial score (nSPS) is 33.8. The first-order chi connectivity index (χ1) is 9.16. The van der Waals surface area contributed by atoms with E-state index in [2.05, 4.69) is 17.3 Å². The molecule has 2 fully saturated rings. The van der Waals surface area contributed by atoms with Crippen molar-refractivity contribution < 1.29 is 9.90 Å². The minimum Gasteiger partial charge on any atom is -0.481 e. The number of hydrogen-bond donors (Lipinski definition) is 2. The van der Waals surface area contributed by atoms with E-state index >= 15 is 0 Å². The molecule has 1 saturated heterocycles. The molecule has 0 amide bonds. The molecule has 19 heavy (non-hydrogen) atoms. The van der Waals surface area contributed by atoms with Crippen LogP contribution in [0.5, 0.6) is 0 Å². The standard InChI is InChI=1S/C15H28N2O2/c1-17-9-4-6-13(8-10-17)16-11-12-5-2-3-7-14(12)15(18)19/h12-14,16H,2-11H2,1H3,(H,18,19). The highest BCUT2D eigenvalue weighted by molar-refractivity contribution is 5.70. The predicted molar refractivity (Wildman–Crippen MR) is 76.2 cm³/mol. The molecule has 2 N–H and O–H groups in total. The number of likely N-dealkylation sites (tertiary alicyclic amines) is 1. The van der Waals surface area contributed by atoms with Gasteiger partial charge in [0.25, 0.3) is 0 Å². The third kappa shape index (κ3) is 4.46. The fourth-order valence-electron chi connectivity index (χ4n) is 3.54. The largest absolute Gasteiger partial charge is 0.481 e. The van der Waals surface area contributed by atoms with Crippen LogP contribution in [0, 0.1) is 11.8 Å². The van der Waals surface area contributed by atoms with Crippen molar-refractivity contribution >= 4 is 5.97 Å². The van der Waals surface area contributed by atoms with E-state index in [1.165, 1.54) is 32.2 Å². The van der Waals surface area contributed by atoms with Crippen molar-refractivity contribution in [1.29, 1.82) is 0 Å². The molecule has 3 unspecified atom stereocenters. The van der Waals surface area contributed by atoms with Gasteiger partial charge in [-0.3, -0.25) is 4.79 Å². The molecule has 4 heteroatoms. The van der Waals surface area contributed by atoms with Crippen LogP contribution in [-0.2, 0) is 4.79 Å². The second-order valence-electron chi connectivity index (χ2n) is 6.33. The lowest BCUT2D eigenvalue weighted by atomic mass is 9.79. The lowest BCUT2D eigenvalue weighted by molar-refractivity contribution is -0.144. The van der Waals surface area contributed by atoms with Crippen LogP contribution >= 0.6 is 0 Å². The Morgan fingerprint density at radius 3 is 2.74 bits per heavy atom. The Morgan fingerprint density at radius 1 is 1.16 bits per heavy atom. The molecule has 0 radical (unpaired) electrons. The van der Waals surface area contributed by atoms with Crippen LogP contribution in [0.4, 0.5) is 0 Å². The topological polar surface area (TPSA) is 52.6 Å². The number of nitrogens with zero attached hydrogens (tertiary/aromatic N) is 1. The number of nitrogens with one attached hydrogen (secondary N) is 1. The third-order valence-electron chi connectivity index (χ3n) is 4.85. The maximum absolute atomic E-state index is 11.3. The molecule has 110 valence electrons. The average Bonchev–Trinajstić information content (AvgIpc) is 2.61. The minimum absolute atomic E-state index is 0.116. The Bertz CT molecular complexity index is 296. The average molecular weight is 268 g/mol. The molecule has 0 bridgehead atoms. The van der Waals surface area contributed by atoms with Crippen molar-refractivity contribution in [3.63, 3.8) is 0 Å². The van der Waals surface area contributed by atoms with Gasteiger partial charge in [0.05, 0.1) is 5.92 Å². The lowest BCUT2D eigenvalue weighted by Crippen LogP contribution is -2.39. The number of carboxylic acid groups (broad SMARTS) is 1. The molecule has 1 saturated carbocycles. The monoisotopic (exact) mass is 268 g/mol. The summed E-state index contributed by atoms with van der Waals surface area (Å²) in [5.74, 6) is -0.367. The molecule has 1 aliphatic heterocycles. The Labute approximate surface area is 116 Å². The van der Waals surface area contributed by atoms with Crippen LogP contribution < -0.4 is 5.32 Å². The molecule has 2 aliphatic rings. The van der Waals surface area contributed by atoms with Gasteiger partial charge in [0.2, 0.25) is 0 Å². The molecule has 0 aromatic carbocycles. The van der Waals surface area contributed by atoms with E-state index in [0.717, 1.165) is 32.4 Å². The molecule has 0 aromatic rings. The van der Waals surface area contributed by atoms with E-state index in [0.29, 0.717) is 12.0 Å². The van der Waals surface area contributed by atoms with Crippen molar-refractivity contribution in [1.82, 2.24) is 10.2 Å². The summed E-state index contributed by atoms with van der Waals surface area (Å²) in [6, 6.07) is 0.585. The van der Waals surface area contributed by atoms with E-state index in [4.69, 9.17) is 0 Å². The molecule has 1 aliphatic carbocycles. The Hall–Kier alpha value is -0.610. The van der Waals surface area contributed by atoms with Gasteiger partial charge >= 0.3 is 5.97 Å². The van der Waals surface area contributed by atoms with Crippen molar-refractivity contribution in [2.45, 2.75) is 51.0 Å². The molecule has 0 spiro atoms. The Morgan fingerprint density at radius 2 is 1.95 bits per heavy atom. The van der Waals surface area contributed by atoms with Gasteiger partial charge < -0.3 is 15.3 Å². The lowest BCUT2D eigenvalue weighted by Gasteiger charge is -2.30. The van der Waals surface area contributed by atoms with Gasteiger partial charge in [-0.1, -0.05) is 12.8 Å². The maximum Gasteiger partial charge on any atom is 0.306 e. The Kier molecular flexibility index (Phi) is 5.64. The maximum atomic E-state index is 11.3. The molecule has 3 atom stereocenters. The van der Waals surface area contributed by atoms with Gasteiger partial charge in [0.15, 0.2) is 0 Å². The zero-order valence-electron chi connectivity index (χ0n) is 12.1. The summed E-state index contributed by atoms with van der Waals surface area (Å²) in [6.45, 7) is 3.25. The van der Waals surface area contributed by atoms with E-state index in [9.17, 15) is 9.90 Å². The van der Waals surface area contributed by atoms with Crippen molar-refractivity contribution in [3.8, 4) is 0 Å².